The van der Waals surface area contributed by atoms with E-state index in [1.54, 1.807) is 0 Å². The SMILES string of the molecule is C[C@@]12CC[C@H]3[C@@H](CC[C@]4(C)C(=O)CC[C@H]34)[C@]1(CO)CCC(=O)C2. The van der Waals surface area contributed by atoms with Crippen LogP contribution in [0.5, 0.6) is 0 Å². The fourth-order valence-corrected chi connectivity index (χ4v) is 7.35. The second-order valence-electron chi connectivity index (χ2n) is 9.42. The average molecular weight is 318 g/mol. The Labute approximate surface area is 139 Å². The lowest BCUT2D eigenvalue weighted by molar-refractivity contribution is -0.181. The summed E-state index contributed by atoms with van der Waals surface area (Å²) in [5.74, 6) is 2.45. The van der Waals surface area contributed by atoms with E-state index in [-0.39, 0.29) is 22.9 Å². The smallest absolute Gasteiger partial charge is 0.139 e. The number of Topliss-reactive ketones (excluding diaryl/α,β-unsaturated/α-hetero) is 2. The van der Waals surface area contributed by atoms with Gasteiger partial charge in [-0.25, -0.2) is 0 Å². The molecule has 0 aromatic carbocycles. The van der Waals surface area contributed by atoms with Crippen molar-refractivity contribution in [2.75, 3.05) is 6.61 Å². The van der Waals surface area contributed by atoms with Crippen molar-refractivity contribution >= 4 is 11.6 Å². The molecule has 4 aliphatic carbocycles. The minimum atomic E-state index is -0.101. The van der Waals surface area contributed by atoms with Crippen molar-refractivity contribution in [2.45, 2.75) is 71.6 Å². The summed E-state index contributed by atoms with van der Waals surface area (Å²) in [6, 6.07) is 0. The number of carbonyl (C=O) groups is 2. The third-order valence-corrected chi connectivity index (χ3v) is 8.81. The maximum Gasteiger partial charge on any atom is 0.139 e. The molecular formula is C20H30O3. The minimum Gasteiger partial charge on any atom is -0.396 e. The summed E-state index contributed by atoms with van der Waals surface area (Å²) < 4.78 is 0. The van der Waals surface area contributed by atoms with Crippen LogP contribution in [0.15, 0.2) is 0 Å². The molecule has 128 valence electrons. The maximum atomic E-state index is 12.4. The van der Waals surface area contributed by atoms with Gasteiger partial charge in [0.15, 0.2) is 0 Å². The quantitative estimate of drug-likeness (QED) is 0.804. The van der Waals surface area contributed by atoms with Gasteiger partial charge in [-0.1, -0.05) is 13.8 Å². The molecular weight excluding hydrogens is 288 g/mol. The molecule has 0 radical (unpaired) electrons. The van der Waals surface area contributed by atoms with E-state index in [9.17, 15) is 14.7 Å². The molecule has 0 unspecified atom stereocenters. The summed E-state index contributed by atoms with van der Waals surface area (Å²) in [5.41, 5.74) is -0.221. The van der Waals surface area contributed by atoms with E-state index in [1.165, 1.54) is 0 Å². The highest BCUT2D eigenvalue weighted by atomic mass is 16.3. The van der Waals surface area contributed by atoms with Gasteiger partial charge in [0.1, 0.15) is 11.6 Å². The number of hydrogen-bond donors (Lipinski definition) is 1. The average Bonchev–Trinajstić information content (AvgIpc) is 2.82. The molecule has 1 N–H and O–H groups in total. The maximum absolute atomic E-state index is 12.4. The van der Waals surface area contributed by atoms with Gasteiger partial charge in [-0.15, -0.1) is 0 Å². The van der Waals surface area contributed by atoms with Crippen molar-refractivity contribution in [1.29, 1.82) is 0 Å². The molecule has 0 spiro atoms. The Morgan fingerprint density at radius 1 is 1.00 bits per heavy atom. The number of aliphatic hydroxyl groups is 1. The first-order valence-electron chi connectivity index (χ1n) is 9.52. The monoisotopic (exact) mass is 318 g/mol. The standard InChI is InChI=1S/C20H30O3/c1-18-8-6-14-15-3-4-17(23)19(15,2)9-7-16(14)20(18,12-21)10-5-13(22)11-18/h14-16,21H,3-12H2,1-2H3/t14-,15-,16-,18+,19+,20-/m1/s1. The Bertz CT molecular complexity index is 555. The summed E-state index contributed by atoms with van der Waals surface area (Å²) >= 11 is 0. The second kappa shape index (κ2) is 4.91. The molecule has 6 atom stereocenters. The van der Waals surface area contributed by atoms with Crippen LogP contribution in [0, 0.1) is 34.0 Å². The predicted molar refractivity (Wildman–Crippen MR) is 87.8 cm³/mol. The molecule has 4 rings (SSSR count). The van der Waals surface area contributed by atoms with Crippen LogP contribution in [0.2, 0.25) is 0 Å². The predicted octanol–water partition coefficient (Wildman–Crippen LogP) is 3.53. The van der Waals surface area contributed by atoms with Crippen LogP contribution >= 0.6 is 0 Å². The van der Waals surface area contributed by atoms with E-state index in [2.05, 4.69) is 13.8 Å². The largest absolute Gasteiger partial charge is 0.396 e. The third kappa shape index (κ3) is 1.86. The van der Waals surface area contributed by atoms with Crippen molar-refractivity contribution < 1.29 is 14.7 Å². The normalized spacial score (nSPS) is 52.7. The molecule has 4 aliphatic rings. The van der Waals surface area contributed by atoms with Crippen molar-refractivity contribution in [3.63, 3.8) is 0 Å². The van der Waals surface area contributed by atoms with Crippen molar-refractivity contribution in [2.24, 2.45) is 34.0 Å². The summed E-state index contributed by atoms with van der Waals surface area (Å²) in [6.07, 6.45) is 8.19. The molecule has 0 saturated heterocycles. The highest BCUT2D eigenvalue weighted by Gasteiger charge is 2.64. The first-order valence-corrected chi connectivity index (χ1v) is 9.52. The van der Waals surface area contributed by atoms with Gasteiger partial charge >= 0.3 is 0 Å². The Morgan fingerprint density at radius 3 is 2.52 bits per heavy atom. The number of aliphatic hydroxyl groups excluding tert-OH is 1. The summed E-state index contributed by atoms with van der Waals surface area (Å²) in [5, 5.41) is 10.4. The van der Waals surface area contributed by atoms with Gasteiger partial charge in [0.25, 0.3) is 0 Å². The van der Waals surface area contributed by atoms with Gasteiger partial charge < -0.3 is 5.11 Å². The molecule has 0 aromatic rings. The summed E-state index contributed by atoms with van der Waals surface area (Å²) in [4.78, 5) is 24.5. The Hall–Kier alpha value is -0.700. The molecule has 4 saturated carbocycles. The van der Waals surface area contributed by atoms with E-state index in [0.717, 1.165) is 44.9 Å². The lowest BCUT2D eigenvalue weighted by Crippen LogP contribution is -2.60. The van der Waals surface area contributed by atoms with Crippen LogP contribution < -0.4 is 0 Å². The third-order valence-electron chi connectivity index (χ3n) is 8.81. The Morgan fingerprint density at radius 2 is 1.78 bits per heavy atom. The zero-order valence-electron chi connectivity index (χ0n) is 14.6. The first-order chi connectivity index (χ1) is 10.9. The molecule has 0 aromatic heterocycles. The summed E-state index contributed by atoms with van der Waals surface area (Å²) in [6.45, 7) is 4.67. The van der Waals surface area contributed by atoms with Crippen LogP contribution in [0.1, 0.15) is 71.6 Å². The molecule has 4 fully saturated rings. The number of ketones is 2. The highest BCUT2D eigenvalue weighted by Crippen LogP contribution is 2.68. The van der Waals surface area contributed by atoms with E-state index in [4.69, 9.17) is 0 Å². The van der Waals surface area contributed by atoms with Gasteiger partial charge in [0, 0.05) is 36.7 Å². The van der Waals surface area contributed by atoms with Crippen LogP contribution in [-0.4, -0.2) is 23.3 Å². The van der Waals surface area contributed by atoms with E-state index in [0.29, 0.717) is 42.2 Å². The van der Waals surface area contributed by atoms with Crippen LogP contribution in [0.25, 0.3) is 0 Å². The van der Waals surface area contributed by atoms with E-state index >= 15 is 0 Å². The molecule has 3 nitrogen and oxygen atoms in total. The summed E-state index contributed by atoms with van der Waals surface area (Å²) in [7, 11) is 0. The molecule has 0 aliphatic heterocycles. The van der Waals surface area contributed by atoms with Crippen LogP contribution in [0.4, 0.5) is 0 Å². The van der Waals surface area contributed by atoms with Gasteiger partial charge in [-0.3, -0.25) is 9.59 Å². The lowest BCUT2D eigenvalue weighted by Gasteiger charge is -2.64. The number of hydrogen-bond acceptors (Lipinski definition) is 3. The van der Waals surface area contributed by atoms with Crippen molar-refractivity contribution in [1.82, 2.24) is 0 Å². The van der Waals surface area contributed by atoms with Gasteiger partial charge in [-0.05, 0) is 61.7 Å². The van der Waals surface area contributed by atoms with E-state index in [1.807, 2.05) is 0 Å². The highest BCUT2D eigenvalue weighted by molar-refractivity contribution is 5.87. The molecule has 0 bridgehead atoms. The Kier molecular flexibility index (Phi) is 3.37. The van der Waals surface area contributed by atoms with Crippen LogP contribution in [0.3, 0.4) is 0 Å². The Balaban J connectivity index is 1.72. The topological polar surface area (TPSA) is 54.4 Å². The zero-order valence-corrected chi connectivity index (χ0v) is 14.6. The minimum absolute atomic E-state index is 0.0331. The van der Waals surface area contributed by atoms with Crippen molar-refractivity contribution in [3.8, 4) is 0 Å². The number of fused-ring (bicyclic) bond motifs is 5. The van der Waals surface area contributed by atoms with Gasteiger partial charge in [-0.2, -0.15) is 0 Å². The van der Waals surface area contributed by atoms with Gasteiger partial charge in [0.05, 0.1) is 0 Å². The zero-order chi connectivity index (χ0) is 16.5. The molecule has 0 heterocycles. The fourth-order valence-electron chi connectivity index (χ4n) is 7.35. The molecule has 23 heavy (non-hydrogen) atoms. The first kappa shape index (κ1) is 15.8. The van der Waals surface area contributed by atoms with Crippen LogP contribution in [-0.2, 0) is 9.59 Å². The fraction of sp³-hybridized carbons (Fsp3) is 0.900. The van der Waals surface area contributed by atoms with Crippen molar-refractivity contribution in [3.05, 3.63) is 0 Å². The van der Waals surface area contributed by atoms with E-state index < -0.39 is 0 Å². The second-order valence-corrected chi connectivity index (χ2v) is 9.42. The molecule has 0 amide bonds. The molecule has 3 heteroatoms. The number of carbonyl (C=O) groups excluding carboxylic acids is 2. The number of rotatable bonds is 1. The van der Waals surface area contributed by atoms with Gasteiger partial charge in [0.2, 0.25) is 0 Å². The lowest BCUT2D eigenvalue weighted by atomic mass is 9.40.